The van der Waals surface area contributed by atoms with E-state index in [0.29, 0.717) is 12.6 Å². The first kappa shape index (κ1) is 14.8. The van der Waals surface area contributed by atoms with Gasteiger partial charge >= 0.3 is 0 Å². The molecule has 2 N–H and O–H groups in total. The van der Waals surface area contributed by atoms with E-state index in [4.69, 9.17) is 5.73 Å². The van der Waals surface area contributed by atoms with Crippen molar-refractivity contribution >= 4 is 11.4 Å². The Morgan fingerprint density at radius 3 is 2.80 bits per heavy atom. The molecule has 20 heavy (non-hydrogen) atoms. The highest BCUT2D eigenvalue weighted by molar-refractivity contribution is 5.58. The van der Waals surface area contributed by atoms with Crippen LogP contribution in [0.25, 0.3) is 0 Å². The molecule has 2 unspecified atom stereocenters. The number of piperidine rings is 1. The van der Waals surface area contributed by atoms with Crippen LogP contribution in [-0.4, -0.2) is 24.1 Å². The molecule has 0 amide bonds. The maximum absolute atomic E-state index is 10.8. The Bertz CT molecular complexity index is 490. The molecule has 1 aromatic carbocycles. The summed E-state index contributed by atoms with van der Waals surface area (Å²) in [7, 11) is 0. The molecule has 0 spiro atoms. The number of anilines is 1. The number of aryl methyl sites for hydroxylation is 1. The molecular formula is C15H23N3O2. The molecule has 1 heterocycles. The average Bonchev–Trinajstić information content (AvgIpc) is 2.46. The standard InChI is InChI=1S/C15H23N3O2/c1-3-12-6-7-17(14(9-12)10-16)15-5-4-13(18(19)20)8-11(15)2/h4-5,8,12,14H,3,6-7,9-10,16H2,1-2H3. The SMILES string of the molecule is CCC1CCN(c2ccc([N+](=O)[O-])cc2C)C(CN)C1. The van der Waals surface area contributed by atoms with Crippen molar-refractivity contribution in [1.82, 2.24) is 0 Å². The maximum Gasteiger partial charge on any atom is 0.269 e. The number of hydrogen-bond acceptors (Lipinski definition) is 4. The molecule has 1 saturated heterocycles. The van der Waals surface area contributed by atoms with Gasteiger partial charge in [0.2, 0.25) is 0 Å². The maximum atomic E-state index is 10.8. The van der Waals surface area contributed by atoms with Crippen molar-refractivity contribution in [2.45, 2.75) is 39.2 Å². The van der Waals surface area contributed by atoms with Crippen LogP contribution in [-0.2, 0) is 0 Å². The van der Waals surface area contributed by atoms with Gasteiger partial charge in [-0.1, -0.05) is 13.3 Å². The predicted octanol–water partition coefficient (Wildman–Crippen LogP) is 2.86. The lowest BCUT2D eigenvalue weighted by molar-refractivity contribution is -0.384. The molecule has 1 aromatic rings. The summed E-state index contributed by atoms with van der Waals surface area (Å²) in [6.07, 6.45) is 3.48. The molecule has 2 rings (SSSR count). The summed E-state index contributed by atoms with van der Waals surface area (Å²) >= 11 is 0. The molecule has 0 saturated carbocycles. The van der Waals surface area contributed by atoms with Crippen LogP contribution in [0.15, 0.2) is 18.2 Å². The molecule has 0 radical (unpaired) electrons. The van der Waals surface area contributed by atoms with Crippen LogP contribution in [0.2, 0.25) is 0 Å². The fourth-order valence-electron chi connectivity index (χ4n) is 3.12. The van der Waals surface area contributed by atoms with Gasteiger partial charge in [0.15, 0.2) is 0 Å². The zero-order chi connectivity index (χ0) is 14.7. The second-order valence-corrected chi connectivity index (χ2v) is 5.61. The van der Waals surface area contributed by atoms with Gasteiger partial charge in [-0.05, 0) is 37.3 Å². The van der Waals surface area contributed by atoms with Crippen molar-refractivity contribution in [2.75, 3.05) is 18.0 Å². The van der Waals surface area contributed by atoms with E-state index >= 15 is 0 Å². The van der Waals surface area contributed by atoms with Gasteiger partial charge < -0.3 is 10.6 Å². The van der Waals surface area contributed by atoms with Crippen LogP contribution >= 0.6 is 0 Å². The minimum Gasteiger partial charge on any atom is -0.367 e. The van der Waals surface area contributed by atoms with Crippen molar-refractivity contribution in [3.63, 3.8) is 0 Å². The van der Waals surface area contributed by atoms with Gasteiger partial charge in [-0.2, -0.15) is 0 Å². The van der Waals surface area contributed by atoms with E-state index in [1.807, 2.05) is 13.0 Å². The van der Waals surface area contributed by atoms with E-state index in [9.17, 15) is 10.1 Å². The van der Waals surface area contributed by atoms with Crippen molar-refractivity contribution in [3.8, 4) is 0 Å². The summed E-state index contributed by atoms with van der Waals surface area (Å²) in [6, 6.07) is 5.44. The quantitative estimate of drug-likeness (QED) is 0.678. The van der Waals surface area contributed by atoms with Gasteiger partial charge in [0.25, 0.3) is 5.69 Å². The second kappa shape index (κ2) is 6.22. The summed E-state index contributed by atoms with van der Waals surface area (Å²) in [6.45, 7) is 5.78. The fourth-order valence-corrected chi connectivity index (χ4v) is 3.12. The number of non-ortho nitro benzene ring substituents is 1. The van der Waals surface area contributed by atoms with Crippen molar-refractivity contribution in [3.05, 3.63) is 33.9 Å². The number of nitro groups is 1. The lowest BCUT2D eigenvalue weighted by Crippen LogP contribution is -2.47. The Morgan fingerprint density at radius 1 is 1.50 bits per heavy atom. The van der Waals surface area contributed by atoms with Crippen LogP contribution in [0.3, 0.4) is 0 Å². The summed E-state index contributed by atoms with van der Waals surface area (Å²) in [4.78, 5) is 12.8. The third-order valence-corrected chi connectivity index (χ3v) is 4.37. The monoisotopic (exact) mass is 277 g/mol. The van der Waals surface area contributed by atoms with E-state index < -0.39 is 0 Å². The number of hydrogen-bond donors (Lipinski definition) is 1. The van der Waals surface area contributed by atoms with Crippen molar-refractivity contribution in [1.29, 1.82) is 0 Å². The molecule has 2 atom stereocenters. The summed E-state index contributed by atoms with van der Waals surface area (Å²) < 4.78 is 0. The Hall–Kier alpha value is -1.62. The number of nitro benzene ring substituents is 1. The first-order valence-corrected chi connectivity index (χ1v) is 7.28. The lowest BCUT2D eigenvalue weighted by Gasteiger charge is -2.41. The first-order valence-electron chi connectivity index (χ1n) is 7.28. The van der Waals surface area contributed by atoms with Crippen molar-refractivity contribution < 1.29 is 4.92 Å². The van der Waals surface area contributed by atoms with Gasteiger partial charge in [0.05, 0.1) is 4.92 Å². The van der Waals surface area contributed by atoms with Crippen molar-refractivity contribution in [2.24, 2.45) is 11.7 Å². The Morgan fingerprint density at radius 2 is 2.25 bits per heavy atom. The molecule has 1 aliphatic rings. The van der Waals surface area contributed by atoms with Gasteiger partial charge in [-0.15, -0.1) is 0 Å². The highest BCUT2D eigenvalue weighted by atomic mass is 16.6. The highest BCUT2D eigenvalue weighted by Crippen LogP contribution is 2.32. The number of nitrogens with two attached hydrogens (primary N) is 1. The molecule has 5 nitrogen and oxygen atoms in total. The zero-order valence-corrected chi connectivity index (χ0v) is 12.2. The topological polar surface area (TPSA) is 72.4 Å². The molecule has 1 aliphatic heterocycles. The largest absolute Gasteiger partial charge is 0.367 e. The fraction of sp³-hybridized carbons (Fsp3) is 0.600. The number of rotatable bonds is 4. The van der Waals surface area contributed by atoms with Crippen LogP contribution < -0.4 is 10.6 Å². The van der Waals surface area contributed by atoms with Gasteiger partial charge in [0.1, 0.15) is 0 Å². The Labute approximate surface area is 119 Å². The molecule has 5 heteroatoms. The van der Waals surface area contributed by atoms with E-state index in [1.54, 1.807) is 12.1 Å². The van der Waals surface area contributed by atoms with Gasteiger partial charge in [-0.3, -0.25) is 10.1 Å². The first-order chi connectivity index (χ1) is 9.56. The van der Waals surface area contributed by atoms with E-state index in [-0.39, 0.29) is 10.6 Å². The minimum atomic E-state index is -0.347. The molecule has 0 aliphatic carbocycles. The molecular weight excluding hydrogens is 254 g/mol. The highest BCUT2D eigenvalue weighted by Gasteiger charge is 2.28. The van der Waals surface area contributed by atoms with Gasteiger partial charge in [-0.25, -0.2) is 0 Å². The van der Waals surface area contributed by atoms with E-state index in [2.05, 4.69) is 11.8 Å². The smallest absolute Gasteiger partial charge is 0.269 e. The van der Waals surface area contributed by atoms with Crippen LogP contribution in [0, 0.1) is 23.0 Å². The number of nitrogens with zero attached hydrogens (tertiary/aromatic N) is 2. The number of benzene rings is 1. The third-order valence-electron chi connectivity index (χ3n) is 4.37. The summed E-state index contributed by atoms with van der Waals surface area (Å²) in [5, 5.41) is 10.8. The normalized spacial score (nSPS) is 22.9. The molecule has 110 valence electrons. The van der Waals surface area contributed by atoms with Crippen LogP contribution in [0.5, 0.6) is 0 Å². The van der Waals surface area contributed by atoms with Crippen LogP contribution in [0.4, 0.5) is 11.4 Å². The summed E-state index contributed by atoms with van der Waals surface area (Å²) in [5.41, 5.74) is 8.11. The lowest BCUT2D eigenvalue weighted by atomic mass is 9.88. The van der Waals surface area contributed by atoms with E-state index in [0.717, 1.165) is 30.1 Å². The predicted molar refractivity (Wildman–Crippen MR) is 81.0 cm³/mol. The minimum absolute atomic E-state index is 0.152. The zero-order valence-electron chi connectivity index (χ0n) is 12.2. The second-order valence-electron chi connectivity index (χ2n) is 5.61. The molecule has 0 bridgehead atoms. The van der Waals surface area contributed by atoms with Crippen LogP contribution in [0.1, 0.15) is 31.7 Å². The summed E-state index contributed by atoms with van der Waals surface area (Å²) in [5.74, 6) is 0.748. The molecule has 0 aromatic heterocycles. The Kier molecular flexibility index (Phi) is 4.60. The Balaban J connectivity index is 2.24. The molecule has 1 fully saturated rings. The third kappa shape index (κ3) is 2.93. The van der Waals surface area contributed by atoms with Gasteiger partial charge in [0, 0.05) is 37.0 Å². The van der Waals surface area contributed by atoms with E-state index in [1.165, 1.54) is 12.8 Å². The average molecular weight is 277 g/mol.